The highest BCUT2D eigenvalue weighted by atomic mass is 19.4. The van der Waals surface area contributed by atoms with Gasteiger partial charge in [0.1, 0.15) is 5.75 Å². The van der Waals surface area contributed by atoms with Crippen molar-refractivity contribution in [3.8, 4) is 5.75 Å². The Hall–Kier alpha value is -3.42. The predicted molar refractivity (Wildman–Crippen MR) is 98.5 cm³/mol. The number of nitrogens with zero attached hydrogens (tertiary/aromatic N) is 2. The van der Waals surface area contributed by atoms with E-state index in [2.05, 4.69) is 9.72 Å². The van der Waals surface area contributed by atoms with E-state index in [1.807, 2.05) is 6.92 Å². The number of pyridine rings is 1. The molecular formula is C21H15F3N2O3. The van der Waals surface area contributed by atoms with Gasteiger partial charge in [-0.25, -0.2) is 0 Å². The standard InChI is InChI=1S/C21H15F3N2O3/c1-2-14-18-17(13-8-4-5-9-15(13)25-14)19(27)26(20(18)28)11-12-7-3-6-10-16(12)29-21(22,23)24/h3-10H,2,11H2,1H3. The third-order valence-electron chi connectivity index (χ3n) is 4.75. The summed E-state index contributed by atoms with van der Waals surface area (Å²) in [6.07, 6.45) is -4.44. The molecule has 0 atom stereocenters. The minimum Gasteiger partial charge on any atom is -0.405 e. The number of hydrogen-bond donors (Lipinski definition) is 0. The van der Waals surface area contributed by atoms with E-state index >= 15 is 0 Å². The van der Waals surface area contributed by atoms with Gasteiger partial charge in [0.2, 0.25) is 0 Å². The number of imide groups is 1. The van der Waals surface area contributed by atoms with Gasteiger partial charge in [0.05, 0.1) is 28.9 Å². The predicted octanol–water partition coefficient (Wildman–Crippen LogP) is 4.49. The molecule has 0 radical (unpaired) electrons. The third kappa shape index (κ3) is 3.30. The van der Waals surface area contributed by atoms with Crippen LogP contribution in [0.4, 0.5) is 13.2 Å². The zero-order chi connectivity index (χ0) is 20.8. The molecule has 2 amide bonds. The van der Waals surface area contributed by atoms with Gasteiger partial charge in [0, 0.05) is 10.9 Å². The number of carbonyl (C=O) groups excluding carboxylic acids is 2. The maximum atomic E-state index is 13.1. The van der Waals surface area contributed by atoms with E-state index in [0.29, 0.717) is 23.0 Å². The first kappa shape index (κ1) is 18.9. The van der Waals surface area contributed by atoms with Crippen LogP contribution in [0.2, 0.25) is 0 Å². The number of aryl methyl sites for hydroxylation is 1. The molecule has 0 aliphatic carbocycles. The van der Waals surface area contributed by atoms with Gasteiger partial charge in [-0.2, -0.15) is 0 Å². The fourth-order valence-corrected chi connectivity index (χ4v) is 3.51. The van der Waals surface area contributed by atoms with Crippen molar-refractivity contribution in [1.82, 2.24) is 9.88 Å². The molecule has 5 nitrogen and oxygen atoms in total. The summed E-state index contributed by atoms with van der Waals surface area (Å²) in [5, 5.41) is 0.542. The quantitative estimate of drug-likeness (QED) is 0.606. The Bertz CT molecular complexity index is 1140. The van der Waals surface area contributed by atoms with Crippen molar-refractivity contribution in [2.75, 3.05) is 0 Å². The first-order chi connectivity index (χ1) is 13.8. The number of carbonyl (C=O) groups is 2. The summed E-state index contributed by atoms with van der Waals surface area (Å²) >= 11 is 0. The topological polar surface area (TPSA) is 59.5 Å². The summed E-state index contributed by atoms with van der Waals surface area (Å²) in [4.78, 5) is 31.6. The van der Waals surface area contributed by atoms with Crippen LogP contribution in [-0.4, -0.2) is 28.1 Å². The number of amides is 2. The lowest BCUT2D eigenvalue weighted by atomic mass is 10.0. The SMILES string of the molecule is CCc1nc2ccccc2c2c1C(=O)N(Cc1ccccc1OC(F)(F)F)C2=O. The summed E-state index contributed by atoms with van der Waals surface area (Å²) in [5.74, 6) is -1.57. The molecule has 1 aliphatic rings. The van der Waals surface area contributed by atoms with E-state index in [9.17, 15) is 22.8 Å². The number of hydrogen-bond acceptors (Lipinski definition) is 4. The number of fused-ring (bicyclic) bond motifs is 3. The largest absolute Gasteiger partial charge is 0.573 e. The second kappa shape index (κ2) is 6.88. The Kier molecular flexibility index (Phi) is 4.49. The van der Waals surface area contributed by atoms with E-state index < -0.39 is 23.9 Å². The number of para-hydroxylation sites is 2. The zero-order valence-electron chi connectivity index (χ0n) is 15.3. The summed E-state index contributed by atoms with van der Waals surface area (Å²) in [5.41, 5.74) is 1.61. The first-order valence-corrected chi connectivity index (χ1v) is 8.91. The van der Waals surface area contributed by atoms with Gasteiger partial charge in [-0.15, -0.1) is 13.2 Å². The van der Waals surface area contributed by atoms with Crippen molar-refractivity contribution >= 4 is 22.7 Å². The molecule has 1 aromatic heterocycles. The smallest absolute Gasteiger partial charge is 0.405 e. The van der Waals surface area contributed by atoms with Gasteiger partial charge >= 0.3 is 6.36 Å². The fraction of sp³-hybridized carbons (Fsp3) is 0.190. The van der Waals surface area contributed by atoms with Crippen LogP contribution >= 0.6 is 0 Å². The molecule has 2 heterocycles. The molecule has 0 saturated carbocycles. The molecule has 3 aromatic rings. The number of aromatic nitrogens is 1. The van der Waals surface area contributed by atoms with Gasteiger partial charge in [-0.1, -0.05) is 43.3 Å². The van der Waals surface area contributed by atoms with Crippen LogP contribution in [0, 0.1) is 0 Å². The number of ether oxygens (including phenoxy) is 1. The molecule has 8 heteroatoms. The normalized spacial score (nSPS) is 13.9. The first-order valence-electron chi connectivity index (χ1n) is 8.91. The summed E-state index contributed by atoms with van der Waals surface area (Å²) in [6, 6.07) is 12.4. The monoisotopic (exact) mass is 400 g/mol. The van der Waals surface area contributed by atoms with E-state index in [1.54, 1.807) is 24.3 Å². The third-order valence-corrected chi connectivity index (χ3v) is 4.75. The lowest BCUT2D eigenvalue weighted by Crippen LogP contribution is -2.30. The number of halogens is 3. The van der Waals surface area contributed by atoms with Crippen LogP contribution in [0.15, 0.2) is 48.5 Å². The summed E-state index contributed by atoms with van der Waals surface area (Å²) in [6.45, 7) is 1.49. The molecule has 0 bridgehead atoms. The molecule has 4 rings (SSSR count). The van der Waals surface area contributed by atoms with Gasteiger partial charge in [0.15, 0.2) is 0 Å². The van der Waals surface area contributed by atoms with E-state index in [0.717, 1.165) is 11.0 Å². The van der Waals surface area contributed by atoms with Crippen molar-refractivity contribution in [2.24, 2.45) is 0 Å². The molecule has 2 aromatic carbocycles. The lowest BCUT2D eigenvalue weighted by molar-refractivity contribution is -0.274. The Morgan fingerprint density at radius 3 is 2.34 bits per heavy atom. The highest BCUT2D eigenvalue weighted by Crippen LogP contribution is 2.34. The maximum Gasteiger partial charge on any atom is 0.573 e. The zero-order valence-corrected chi connectivity index (χ0v) is 15.3. The highest BCUT2D eigenvalue weighted by molar-refractivity contribution is 6.26. The van der Waals surface area contributed by atoms with Gasteiger partial charge in [-0.05, 0) is 18.6 Å². The number of rotatable bonds is 4. The highest BCUT2D eigenvalue weighted by Gasteiger charge is 2.40. The average molecular weight is 400 g/mol. The van der Waals surface area contributed by atoms with Crippen molar-refractivity contribution in [2.45, 2.75) is 26.3 Å². The van der Waals surface area contributed by atoms with Gasteiger partial charge in [-0.3, -0.25) is 19.5 Å². The Morgan fingerprint density at radius 2 is 1.62 bits per heavy atom. The number of alkyl halides is 3. The van der Waals surface area contributed by atoms with Crippen LogP contribution in [0.1, 0.15) is 38.9 Å². The molecule has 0 unspecified atom stereocenters. The van der Waals surface area contributed by atoms with Gasteiger partial charge in [0.25, 0.3) is 11.8 Å². The molecule has 0 spiro atoms. The minimum absolute atomic E-state index is 0.0784. The lowest BCUT2D eigenvalue weighted by Gasteiger charge is -2.17. The van der Waals surface area contributed by atoms with Crippen molar-refractivity contribution in [1.29, 1.82) is 0 Å². The van der Waals surface area contributed by atoms with E-state index in [-0.39, 0.29) is 23.2 Å². The summed E-state index contributed by atoms with van der Waals surface area (Å²) in [7, 11) is 0. The van der Waals surface area contributed by atoms with Crippen LogP contribution in [0.5, 0.6) is 5.75 Å². The molecule has 0 saturated heterocycles. The van der Waals surface area contributed by atoms with Crippen LogP contribution in [-0.2, 0) is 13.0 Å². The Balaban J connectivity index is 1.78. The second-order valence-corrected chi connectivity index (χ2v) is 6.53. The van der Waals surface area contributed by atoms with Crippen LogP contribution < -0.4 is 4.74 Å². The molecule has 29 heavy (non-hydrogen) atoms. The molecule has 1 aliphatic heterocycles. The molecular weight excluding hydrogens is 385 g/mol. The fourth-order valence-electron chi connectivity index (χ4n) is 3.51. The van der Waals surface area contributed by atoms with Crippen molar-refractivity contribution in [3.05, 3.63) is 70.9 Å². The molecule has 0 fully saturated rings. The second-order valence-electron chi connectivity index (χ2n) is 6.53. The Labute approximate surface area is 163 Å². The number of benzene rings is 2. The molecule has 0 N–H and O–H groups in total. The maximum absolute atomic E-state index is 13.1. The Morgan fingerprint density at radius 1 is 0.966 bits per heavy atom. The molecule has 148 valence electrons. The van der Waals surface area contributed by atoms with Crippen molar-refractivity contribution in [3.63, 3.8) is 0 Å². The average Bonchev–Trinajstić information content (AvgIpc) is 2.93. The van der Waals surface area contributed by atoms with Crippen LogP contribution in [0.25, 0.3) is 10.9 Å². The van der Waals surface area contributed by atoms with Crippen LogP contribution in [0.3, 0.4) is 0 Å². The van der Waals surface area contributed by atoms with Gasteiger partial charge < -0.3 is 4.74 Å². The van der Waals surface area contributed by atoms with E-state index in [4.69, 9.17) is 0 Å². The summed E-state index contributed by atoms with van der Waals surface area (Å²) < 4.78 is 42.1. The van der Waals surface area contributed by atoms with E-state index in [1.165, 1.54) is 18.2 Å². The van der Waals surface area contributed by atoms with Crippen molar-refractivity contribution < 1.29 is 27.5 Å². The minimum atomic E-state index is -4.88.